The third-order valence-corrected chi connectivity index (χ3v) is 13.2. The second kappa shape index (κ2) is 60.1. The molecule has 0 rings (SSSR count). The van der Waals surface area contributed by atoms with Crippen molar-refractivity contribution in [2.24, 2.45) is 0 Å². The molecule has 0 amide bonds. The lowest BCUT2D eigenvalue weighted by Gasteiger charge is -2.18. The van der Waals surface area contributed by atoms with Crippen LogP contribution >= 0.6 is 0 Å². The summed E-state index contributed by atoms with van der Waals surface area (Å²) >= 11 is 0. The number of esters is 3. The molecule has 72 heavy (non-hydrogen) atoms. The second-order valence-corrected chi connectivity index (χ2v) is 20.3. The van der Waals surface area contributed by atoms with Crippen LogP contribution in [-0.4, -0.2) is 37.2 Å². The summed E-state index contributed by atoms with van der Waals surface area (Å²) in [5.74, 6) is -0.916. The van der Waals surface area contributed by atoms with Gasteiger partial charge in [0.05, 0.1) is 0 Å². The minimum Gasteiger partial charge on any atom is -0.462 e. The van der Waals surface area contributed by atoms with E-state index in [2.05, 4.69) is 106 Å². The van der Waals surface area contributed by atoms with Crippen LogP contribution in [0.4, 0.5) is 0 Å². The van der Waals surface area contributed by atoms with Gasteiger partial charge in [0.25, 0.3) is 0 Å². The standard InChI is InChI=1S/C66H114O6/c1-4-7-10-13-16-19-22-25-28-31-33-36-38-41-44-47-50-53-56-59-65(68)71-62-63(61-70-64(67)58-55-52-49-46-43-40-37-34-30-27-24-21-18-15-12-9-6-3)72-66(69)60-57-54-51-48-45-42-39-35-32-29-26-23-20-17-14-11-8-5-2/h17-18,20-21,23,26-27,29-33,35,39,63H,4-16,19,22,24-25,28,34,36-38,40-62H2,1-3H3/b20-17-,21-18-,26-23-,30-27-,32-29-,33-31-,39-35-. The highest BCUT2D eigenvalue weighted by molar-refractivity contribution is 5.71. The zero-order valence-corrected chi connectivity index (χ0v) is 47.4. The van der Waals surface area contributed by atoms with Gasteiger partial charge in [-0.2, -0.15) is 0 Å². The number of ether oxygens (including phenoxy) is 3. The Bertz CT molecular complexity index is 1380. The molecular formula is C66H114O6. The van der Waals surface area contributed by atoms with Crippen LogP contribution in [0, 0.1) is 0 Å². The van der Waals surface area contributed by atoms with Crippen molar-refractivity contribution in [3.63, 3.8) is 0 Å². The first kappa shape index (κ1) is 68.6. The van der Waals surface area contributed by atoms with Crippen LogP contribution in [0.2, 0.25) is 0 Å². The predicted octanol–water partition coefficient (Wildman–Crippen LogP) is 20.7. The van der Waals surface area contributed by atoms with E-state index in [1.165, 1.54) is 161 Å². The van der Waals surface area contributed by atoms with Gasteiger partial charge in [0.1, 0.15) is 13.2 Å². The van der Waals surface area contributed by atoms with Crippen molar-refractivity contribution in [2.75, 3.05) is 13.2 Å². The summed E-state index contributed by atoms with van der Waals surface area (Å²) in [6.45, 7) is 6.57. The van der Waals surface area contributed by atoms with Crippen LogP contribution in [0.1, 0.15) is 297 Å². The molecule has 0 saturated carbocycles. The predicted molar refractivity (Wildman–Crippen MR) is 311 cm³/mol. The van der Waals surface area contributed by atoms with Crippen LogP contribution in [0.25, 0.3) is 0 Å². The first-order valence-corrected chi connectivity index (χ1v) is 30.6. The average molecular weight is 1000 g/mol. The smallest absolute Gasteiger partial charge is 0.306 e. The van der Waals surface area contributed by atoms with Crippen molar-refractivity contribution >= 4 is 17.9 Å². The van der Waals surface area contributed by atoms with Crippen LogP contribution in [-0.2, 0) is 28.6 Å². The van der Waals surface area contributed by atoms with Crippen LogP contribution in [0.15, 0.2) is 85.1 Å². The van der Waals surface area contributed by atoms with E-state index >= 15 is 0 Å². The van der Waals surface area contributed by atoms with E-state index in [1.54, 1.807) is 0 Å². The van der Waals surface area contributed by atoms with Crippen molar-refractivity contribution in [2.45, 2.75) is 303 Å². The van der Waals surface area contributed by atoms with Crippen LogP contribution in [0.3, 0.4) is 0 Å². The van der Waals surface area contributed by atoms with Gasteiger partial charge in [0.2, 0.25) is 0 Å². The van der Waals surface area contributed by atoms with E-state index < -0.39 is 6.10 Å². The van der Waals surface area contributed by atoms with E-state index in [0.717, 1.165) is 96.3 Å². The zero-order chi connectivity index (χ0) is 52.2. The highest BCUT2D eigenvalue weighted by atomic mass is 16.6. The van der Waals surface area contributed by atoms with Crippen molar-refractivity contribution in [1.82, 2.24) is 0 Å². The largest absolute Gasteiger partial charge is 0.462 e. The fourth-order valence-corrected chi connectivity index (χ4v) is 8.54. The number of hydrogen-bond donors (Lipinski definition) is 0. The Labute approximate surface area is 445 Å². The van der Waals surface area contributed by atoms with Crippen molar-refractivity contribution in [1.29, 1.82) is 0 Å². The van der Waals surface area contributed by atoms with Gasteiger partial charge in [-0.1, -0.05) is 260 Å². The maximum absolute atomic E-state index is 12.9. The van der Waals surface area contributed by atoms with Crippen LogP contribution < -0.4 is 0 Å². The molecule has 414 valence electrons. The summed E-state index contributed by atoms with van der Waals surface area (Å²) in [4.78, 5) is 38.3. The maximum atomic E-state index is 12.9. The molecule has 0 heterocycles. The summed E-state index contributed by atoms with van der Waals surface area (Å²) in [5, 5.41) is 0. The molecule has 1 unspecified atom stereocenters. The Morgan fingerprint density at radius 3 is 0.931 bits per heavy atom. The quantitative estimate of drug-likeness (QED) is 0.0199. The summed E-state index contributed by atoms with van der Waals surface area (Å²) in [6.07, 6.45) is 78.5. The number of carbonyl (C=O) groups is 3. The highest BCUT2D eigenvalue weighted by Crippen LogP contribution is 2.15. The molecule has 0 spiro atoms. The molecule has 6 heteroatoms. The number of rotatable bonds is 55. The van der Waals surface area contributed by atoms with Crippen molar-refractivity contribution in [3.05, 3.63) is 85.1 Å². The molecule has 1 atom stereocenters. The van der Waals surface area contributed by atoms with E-state index in [-0.39, 0.29) is 31.1 Å². The van der Waals surface area contributed by atoms with E-state index in [1.807, 2.05) is 0 Å². The van der Waals surface area contributed by atoms with Crippen molar-refractivity contribution in [3.8, 4) is 0 Å². The lowest BCUT2D eigenvalue weighted by atomic mass is 10.1. The van der Waals surface area contributed by atoms with Gasteiger partial charge in [0, 0.05) is 19.3 Å². The van der Waals surface area contributed by atoms with Gasteiger partial charge in [-0.05, 0) is 103 Å². The molecule has 0 aromatic carbocycles. The Hall–Kier alpha value is -3.41. The molecule has 0 aliphatic carbocycles. The molecule has 0 aliphatic rings. The summed E-state index contributed by atoms with van der Waals surface area (Å²) in [7, 11) is 0. The molecule has 0 fully saturated rings. The minimum atomic E-state index is -0.796. The Kier molecular flexibility index (Phi) is 57.3. The zero-order valence-electron chi connectivity index (χ0n) is 47.4. The fourth-order valence-electron chi connectivity index (χ4n) is 8.54. The summed E-state index contributed by atoms with van der Waals surface area (Å²) in [5.41, 5.74) is 0. The average Bonchev–Trinajstić information content (AvgIpc) is 3.38. The molecule has 0 bridgehead atoms. The number of allylic oxidation sites excluding steroid dienone is 14. The fraction of sp³-hybridized carbons (Fsp3) is 0.742. The van der Waals surface area contributed by atoms with Gasteiger partial charge in [-0.25, -0.2) is 0 Å². The SMILES string of the molecule is CCCCC\C=C/C=C\C=C/C=C\CCCCCCCC(=O)OC(COC(=O)CCCCCCCCC/C=C\C/C=C\CCCCC)COC(=O)CCCCCCCCC/C=C\CCCCCCCCCC. The monoisotopic (exact) mass is 1000 g/mol. The van der Waals surface area contributed by atoms with E-state index in [9.17, 15) is 14.4 Å². The van der Waals surface area contributed by atoms with Gasteiger partial charge >= 0.3 is 17.9 Å². The first-order chi connectivity index (χ1) is 35.5. The minimum absolute atomic E-state index is 0.0907. The molecule has 0 aliphatic heterocycles. The van der Waals surface area contributed by atoms with Crippen molar-refractivity contribution < 1.29 is 28.6 Å². The van der Waals surface area contributed by atoms with Gasteiger partial charge in [0.15, 0.2) is 6.10 Å². The molecule has 0 saturated heterocycles. The number of carbonyl (C=O) groups excluding carboxylic acids is 3. The third kappa shape index (κ3) is 57.5. The Morgan fingerprint density at radius 1 is 0.292 bits per heavy atom. The number of hydrogen-bond acceptors (Lipinski definition) is 6. The second-order valence-electron chi connectivity index (χ2n) is 20.3. The lowest BCUT2D eigenvalue weighted by Crippen LogP contribution is -2.30. The molecular weight excluding hydrogens is 889 g/mol. The third-order valence-electron chi connectivity index (χ3n) is 13.2. The Morgan fingerprint density at radius 2 is 0.556 bits per heavy atom. The Balaban J connectivity index is 4.45. The lowest BCUT2D eigenvalue weighted by molar-refractivity contribution is -0.167. The molecule has 6 nitrogen and oxygen atoms in total. The van der Waals surface area contributed by atoms with Gasteiger partial charge in [-0.3, -0.25) is 14.4 Å². The summed E-state index contributed by atoms with van der Waals surface area (Å²) in [6, 6.07) is 0. The van der Waals surface area contributed by atoms with E-state index in [4.69, 9.17) is 14.2 Å². The van der Waals surface area contributed by atoms with Crippen LogP contribution in [0.5, 0.6) is 0 Å². The van der Waals surface area contributed by atoms with Gasteiger partial charge in [-0.15, -0.1) is 0 Å². The molecule has 0 radical (unpaired) electrons. The molecule has 0 N–H and O–H groups in total. The van der Waals surface area contributed by atoms with Gasteiger partial charge < -0.3 is 14.2 Å². The van der Waals surface area contributed by atoms with E-state index in [0.29, 0.717) is 19.3 Å². The molecule has 0 aromatic heterocycles. The normalized spacial score (nSPS) is 12.7. The number of unbranched alkanes of at least 4 members (excludes halogenated alkanes) is 33. The highest BCUT2D eigenvalue weighted by Gasteiger charge is 2.19. The molecule has 0 aromatic rings. The first-order valence-electron chi connectivity index (χ1n) is 30.6. The summed E-state index contributed by atoms with van der Waals surface area (Å²) < 4.78 is 16.9. The topological polar surface area (TPSA) is 78.9 Å². The maximum Gasteiger partial charge on any atom is 0.306 e.